The van der Waals surface area contributed by atoms with Crippen LogP contribution in [0.25, 0.3) is 0 Å². The van der Waals surface area contributed by atoms with Crippen molar-refractivity contribution in [2.45, 2.75) is 51.6 Å². The molecular formula is C14H21N3O2. The topological polar surface area (TPSA) is 75.1 Å². The summed E-state index contributed by atoms with van der Waals surface area (Å²) in [5.41, 5.74) is 1.12. The van der Waals surface area contributed by atoms with E-state index in [1.54, 1.807) is 19.9 Å². The van der Waals surface area contributed by atoms with Gasteiger partial charge in [0.25, 0.3) is 5.91 Å². The molecule has 1 aliphatic rings. The first-order valence-electron chi connectivity index (χ1n) is 6.82. The van der Waals surface area contributed by atoms with Crippen LogP contribution in [0.15, 0.2) is 6.07 Å². The van der Waals surface area contributed by atoms with E-state index in [4.69, 9.17) is 0 Å². The van der Waals surface area contributed by atoms with Gasteiger partial charge in [-0.1, -0.05) is 19.3 Å². The molecule has 0 atom stereocenters. The summed E-state index contributed by atoms with van der Waals surface area (Å²) >= 11 is 0. The molecule has 0 radical (unpaired) electrons. The molecule has 2 N–H and O–H groups in total. The van der Waals surface area contributed by atoms with Crippen LogP contribution in [0.2, 0.25) is 0 Å². The molecule has 0 spiro atoms. The summed E-state index contributed by atoms with van der Waals surface area (Å²) in [6.07, 6.45) is 4.76. The lowest BCUT2D eigenvalue weighted by Gasteiger charge is -2.32. The van der Waals surface area contributed by atoms with Crippen molar-refractivity contribution in [3.8, 4) is 0 Å². The Bertz CT molecular complexity index is 468. The average Bonchev–Trinajstić information content (AvgIpc) is 2.40. The van der Waals surface area contributed by atoms with E-state index in [2.05, 4.69) is 15.5 Å². The molecule has 1 saturated carbocycles. The number of nitrogens with one attached hydrogen (secondary N) is 1. The lowest BCUT2D eigenvalue weighted by atomic mass is 9.85. The first-order chi connectivity index (χ1) is 9.00. The number of carbonyl (C=O) groups is 1. The number of aromatic nitrogens is 2. The van der Waals surface area contributed by atoms with Crippen LogP contribution in [0.5, 0.6) is 0 Å². The lowest BCUT2D eigenvalue weighted by Crippen LogP contribution is -2.44. The molecule has 1 aliphatic carbocycles. The Hall–Kier alpha value is -1.49. The van der Waals surface area contributed by atoms with Crippen LogP contribution in [0.1, 0.15) is 53.8 Å². The standard InChI is InChI=1S/C14H21N3O2/c1-10-8-12(11(2)17-16-10)13(18)15-9-14(19)6-4-3-5-7-14/h8,19H,3-7,9H2,1-2H3,(H,15,18). The van der Waals surface area contributed by atoms with Crippen LogP contribution in [0.4, 0.5) is 0 Å². The second-order valence-electron chi connectivity index (χ2n) is 5.45. The lowest BCUT2D eigenvalue weighted by molar-refractivity contribution is 0.00524. The summed E-state index contributed by atoms with van der Waals surface area (Å²) in [4.78, 5) is 12.1. The number of hydrogen-bond acceptors (Lipinski definition) is 4. The van der Waals surface area contributed by atoms with Crippen molar-refractivity contribution >= 4 is 5.91 Å². The zero-order valence-electron chi connectivity index (χ0n) is 11.6. The first kappa shape index (κ1) is 13.9. The van der Waals surface area contributed by atoms with Gasteiger partial charge in [0.2, 0.25) is 0 Å². The maximum absolute atomic E-state index is 12.1. The minimum Gasteiger partial charge on any atom is -0.388 e. The van der Waals surface area contributed by atoms with E-state index >= 15 is 0 Å². The molecule has 0 saturated heterocycles. The Balaban J connectivity index is 1.99. The Morgan fingerprint density at radius 2 is 2.00 bits per heavy atom. The zero-order chi connectivity index (χ0) is 13.9. The quantitative estimate of drug-likeness (QED) is 0.867. The van der Waals surface area contributed by atoms with E-state index in [-0.39, 0.29) is 5.91 Å². The molecule has 0 unspecified atom stereocenters. The van der Waals surface area contributed by atoms with Crippen LogP contribution >= 0.6 is 0 Å². The Morgan fingerprint density at radius 1 is 1.32 bits per heavy atom. The molecule has 0 bridgehead atoms. The van der Waals surface area contributed by atoms with E-state index in [0.29, 0.717) is 23.5 Å². The van der Waals surface area contributed by atoms with Crippen LogP contribution in [-0.4, -0.2) is 33.4 Å². The highest BCUT2D eigenvalue weighted by Gasteiger charge is 2.29. The summed E-state index contributed by atoms with van der Waals surface area (Å²) in [7, 11) is 0. The van der Waals surface area contributed by atoms with Gasteiger partial charge in [-0.3, -0.25) is 4.79 Å². The fraction of sp³-hybridized carbons (Fsp3) is 0.643. The number of nitrogens with zero attached hydrogens (tertiary/aromatic N) is 2. The molecule has 1 fully saturated rings. The van der Waals surface area contributed by atoms with Gasteiger partial charge in [0, 0.05) is 6.54 Å². The van der Waals surface area contributed by atoms with Crippen molar-refractivity contribution in [2.75, 3.05) is 6.54 Å². The van der Waals surface area contributed by atoms with Gasteiger partial charge in [0.1, 0.15) is 0 Å². The fourth-order valence-electron chi connectivity index (χ4n) is 2.51. The normalized spacial score (nSPS) is 18.1. The third-order valence-electron chi connectivity index (χ3n) is 3.71. The number of aryl methyl sites for hydroxylation is 2. The zero-order valence-corrected chi connectivity index (χ0v) is 11.6. The van der Waals surface area contributed by atoms with Gasteiger partial charge in [0.15, 0.2) is 0 Å². The van der Waals surface area contributed by atoms with Crippen molar-refractivity contribution in [3.05, 3.63) is 23.0 Å². The molecule has 5 heteroatoms. The molecule has 1 amide bonds. The highest BCUT2D eigenvalue weighted by atomic mass is 16.3. The van der Waals surface area contributed by atoms with Crippen molar-refractivity contribution in [1.29, 1.82) is 0 Å². The SMILES string of the molecule is Cc1cc(C(=O)NCC2(O)CCCCC2)c(C)nn1. The largest absolute Gasteiger partial charge is 0.388 e. The number of amides is 1. The van der Waals surface area contributed by atoms with Gasteiger partial charge in [-0.15, -0.1) is 0 Å². The molecule has 1 aromatic rings. The smallest absolute Gasteiger partial charge is 0.253 e. The van der Waals surface area contributed by atoms with E-state index < -0.39 is 5.60 Å². The van der Waals surface area contributed by atoms with Gasteiger partial charge in [-0.05, 0) is 32.8 Å². The highest BCUT2D eigenvalue weighted by Crippen LogP contribution is 2.27. The van der Waals surface area contributed by atoms with Crippen molar-refractivity contribution in [3.63, 3.8) is 0 Å². The third-order valence-corrected chi connectivity index (χ3v) is 3.71. The van der Waals surface area contributed by atoms with Gasteiger partial charge in [-0.2, -0.15) is 10.2 Å². The Morgan fingerprint density at radius 3 is 2.68 bits per heavy atom. The maximum atomic E-state index is 12.1. The third kappa shape index (κ3) is 3.50. The van der Waals surface area contributed by atoms with Crippen LogP contribution in [0.3, 0.4) is 0 Å². The number of rotatable bonds is 3. The predicted octanol–water partition coefficient (Wildman–Crippen LogP) is 1.52. The Labute approximate surface area is 113 Å². The molecule has 104 valence electrons. The van der Waals surface area contributed by atoms with Crippen LogP contribution < -0.4 is 5.32 Å². The second-order valence-corrected chi connectivity index (χ2v) is 5.45. The monoisotopic (exact) mass is 263 g/mol. The van der Waals surface area contributed by atoms with E-state index in [1.165, 1.54) is 6.42 Å². The molecule has 2 rings (SSSR count). The summed E-state index contributed by atoms with van der Waals surface area (Å²) in [6, 6.07) is 1.72. The van der Waals surface area contributed by atoms with E-state index in [0.717, 1.165) is 25.7 Å². The molecule has 5 nitrogen and oxygen atoms in total. The van der Waals surface area contributed by atoms with Crippen molar-refractivity contribution in [1.82, 2.24) is 15.5 Å². The van der Waals surface area contributed by atoms with Crippen LogP contribution in [-0.2, 0) is 0 Å². The fourth-order valence-corrected chi connectivity index (χ4v) is 2.51. The summed E-state index contributed by atoms with van der Waals surface area (Å²) in [5.74, 6) is -0.186. The number of aliphatic hydroxyl groups is 1. The van der Waals surface area contributed by atoms with Crippen LogP contribution in [0, 0.1) is 13.8 Å². The highest BCUT2D eigenvalue weighted by molar-refractivity contribution is 5.95. The summed E-state index contributed by atoms with van der Waals surface area (Å²) < 4.78 is 0. The number of carbonyl (C=O) groups excluding carboxylic acids is 1. The second kappa shape index (κ2) is 5.65. The molecule has 19 heavy (non-hydrogen) atoms. The van der Waals surface area contributed by atoms with Gasteiger partial charge >= 0.3 is 0 Å². The van der Waals surface area contributed by atoms with Gasteiger partial charge in [0.05, 0.1) is 22.6 Å². The van der Waals surface area contributed by atoms with E-state index in [9.17, 15) is 9.90 Å². The van der Waals surface area contributed by atoms with Crippen molar-refractivity contribution < 1.29 is 9.90 Å². The number of hydrogen-bond donors (Lipinski definition) is 2. The minimum absolute atomic E-state index is 0.186. The molecule has 1 aromatic heterocycles. The molecule has 1 heterocycles. The predicted molar refractivity (Wildman–Crippen MR) is 71.9 cm³/mol. The average molecular weight is 263 g/mol. The summed E-state index contributed by atoms with van der Waals surface area (Å²) in [5, 5.41) is 21.0. The molecule has 0 aliphatic heterocycles. The molecular weight excluding hydrogens is 242 g/mol. The van der Waals surface area contributed by atoms with Gasteiger partial charge in [-0.25, -0.2) is 0 Å². The van der Waals surface area contributed by atoms with Crippen molar-refractivity contribution in [2.24, 2.45) is 0 Å². The van der Waals surface area contributed by atoms with E-state index in [1.807, 2.05) is 0 Å². The first-order valence-corrected chi connectivity index (χ1v) is 6.82. The molecule has 0 aromatic carbocycles. The van der Waals surface area contributed by atoms with Gasteiger partial charge < -0.3 is 10.4 Å². The minimum atomic E-state index is -0.739. The summed E-state index contributed by atoms with van der Waals surface area (Å²) in [6.45, 7) is 3.88. The Kier molecular flexibility index (Phi) is 4.14. The maximum Gasteiger partial charge on any atom is 0.253 e.